The monoisotopic (exact) mass is 719 g/mol. The summed E-state index contributed by atoms with van der Waals surface area (Å²) in [6.45, 7) is 0. The van der Waals surface area contributed by atoms with Crippen molar-refractivity contribution in [2.45, 2.75) is 10.1 Å². The minimum atomic E-state index is -0.660. The molecule has 1 unspecified atom stereocenters. The minimum Gasteiger partial charge on any atom is -0.325 e. The first-order valence-corrected chi connectivity index (χ1v) is 16.5. The number of hydrogen-bond acceptors (Lipinski definition) is 4. The Bertz CT molecular complexity index is 1940. The van der Waals surface area contributed by atoms with E-state index < -0.39 is 17.1 Å². The Morgan fingerprint density at radius 2 is 1.32 bits per heavy atom. The Labute approximate surface area is 296 Å². The van der Waals surface area contributed by atoms with Crippen LogP contribution in [0, 0.1) is 0 Å². The molecule has 0 saturated carbocycles. The summed E-state index contributed by atoms with van der Waals surface area (Å²) < 4.78 is 0. The van der Waals surface area contributed by atoms with E-state index in [1.54, 1.807) is 84.9 Å². The molecule has 5 aromatic carbocycles. The average Bonchev–Trinajstić information content (AvgIpc) is 3.05. The molecule has 3 amide bonds. The maximum absolute atomic E-state index is 13.6. The van der Waals surface area contributed by atoms with Crippen molar-refractivity contribution in [3.63, 3.8) is 0 Å². The molecule has 0 aromatic heterocycles. The molecule has 0 aliphatic carbocycles. The van der Waals surface area contributed by atoms with Gasteiger partial charge >= 0.3 is 0 Å². The summed E-state index contributed by atoms with van der Waals surface area (Å²) in [4.78, 5) is 41.0. The predicted octanol–water partition coefficient (Wildman–Crippen LogP) is 10.2. The van der Waals surface area contributed by atoms with Gasteiger partial charge in [-0.1, -0.05) is 107 Å². The normalized spacial score (nSPS) is 11.8. The van der Waals surface area contributed by atoms with Crippen LogP contribution < -0.4 is 16.0 Å². The van der Waals surface area contributed by atoms with Crippen LogP contribution in [0.15, 0.2) is 132 Å². The van der Waals surface area contributed by atoms with Gasteiger partial charge in [-0.25, -0.2) is 0 Å². The number of rotatable bonds is 10. The van der Waals surface area contributed by atoms with Crippen LogP contribution in [0.3, 0.4) is 0 Å². The fraction of sp³-hybridized carbons (Fsp3) is 0.0278. The summed E-state index contributed by atoms with van der Waals surface area (Å²) in [5.74, 6) is -1.35. The number of carbonyl (C=O) groups excluding carboxylic acids is 3. The van der Waals surface area contributed by atoms with Crippen LogP contribution in [-0.2, 0) is 9.59 Å². The SMILES string of the molecule is O=C(Nc1cccc(SC(C(=O)Nc2cc(Cl)cc(Cl)c2)c2ccccc2)c1)/C(=C\c1ccc(Cl)cc1Cl)NC(=O)c1ccccc1. The molecular weight excluding hydrogens is 696 g/mol. The zero-order valence-corrected chi connectivity index (χ0v) is 28.2. The number of benzene rings is 5. The van der Waals surface area contributed by atoms with Crippen LogP contribution >= 0.6 is 58.2 Å². The minimum absolute atomic E-state index is 0.0390. The van der Waals surface area contributed by atoms with Crippen LogP contribution in [0.4, 0.5) is 11.4 Å². The van der Waals surface area contributed by atoms with Crippen molar-refractivity contribution in [2.75, 3.05) is 10.6 Å². The van der Waals surface area contributed by atoms with E-state index in [9.17, 15) is 14.4 Å². The standard InChI is InChI=1S/C36H25Cl4N3O3S/c37-25-15-14-24(31(40)20-25)16-32(43-34(44)23-10-5-2-6-11-23)35(45)41-28-12-7-13-30(21-28)47-33(22-8-3-1-4-9-22)36(46)42-29-18-26(38)17-27(39)19-29/h1-21,33H,(H,41,45)(H,42,46)(H,43,44)/b32-16+. The summed E-state index contributed by atoms with van der Waals surface area (Å²) in [6, 6.07) is 34.5. The largest absolute Gasteiger partial charge is 0.325 e. The van der Waals surface area contributed by atoms with Crippen molar-refractivity contribution < 1.29 is 14.4 Å². The highest BCUT2D eigenvalue weighted by molar-refractivity contribution is 8.00. The van der Waals surface area contributed by atoms with Crippen LogP contribution in [-0.4, -0.2) is 17.7 Å². The maximum Gasteiger partial charge on any atom is 0.272 e. The van der Waals surface area contributed by atoms with Crippen molar-refractivity contribution in [3.05, 3.63) is 164 Å². The third kappa shape index (κ3) is 9.64. The van der Waals surface area contributed by atoms with Crippen LogP contribution in [0.1, 0.15) is 26.7 Å². The second-order valence-corrected chi connectivity index (χ2v) is 13.0. The highest BCUT2D eigenvalue weighted by Crippen LogP contribution is 2.37. The van der Waals surface area contributed by atoms with Gasteiger partial charge in [-0.3, -0.25) is 14.4 Å². The molecule has 5 rings (SSSR count). The molecule has 3 N–H and O–H groups in total. The summed E-state index contributed by atoms with van der Waals surface area (Å²) >= 11 is 26.0. The zero-order chi connectivity index (χ0) is 33.3. The summed E-state index contributed by atoms with van der Waals surface area (Å²) in [5.41, 5.74) is 2.49. The molecule has 0 aliphatic rings. The number of nitrogens with one attached hydrogen (secondary N) is 3. The van der Waals surface area contributed by atoms with Crippen molar-refractivity contribution in [2.24, 2.45) is 0 Å². The Balaban J connectivity index is 1.39. The van der Waals surface area contributed by atoms with Gasteiger partial charge in [0.2, 0.25) is 5.91 Å². The molecule has 6 nitrogen and oxygen atoms in total. The molecule has 5 aromatic rings. The highest BCUT2D eigenvalue weighted by Gasteiger charge is 2.23. The van der Waals surface area contributed by atoms with Gasteiger partial charge < -0.3 is 16.0 Å². The van der Waals surface area contributed by atoms with E-state index in [4.69, 9.17) is 46.4 Å². The fourth-order valence-corrected chi connectivity index (χ4v) is 6.51. The lowest BCUT2D eigenvalue weighted by Gasteiger charge is -2.18. The molecule has 47 heavy (non-hydrogen) atoms. The van der Waals surface area contributed by atoms with Gasteiger partial charge in [-0.15, -0.1) is 11.8 Å². The number of anilines is 2. The quantitative estimate of drug-likeness (QED) is 0.0990. The number of halogens is 4. The molecule has 0 heterocycles. The Kier molecular flexibility index (Phi) is 11.6. The Hall–Kier alpha value is -4.24. The van der Waals surface area contributed by atoms with Gasteiger partial charge in [0.15, 0.2) is 0 Å². The summed E-state index contributed by atoms with van der Waals surface area (Å²) in [6.07, 6.45) is 1.48. The van der Waals surface area contributed by atoms with Gasteiger partial charge in [0.05, 0.1) is 0 Å². The lowest BCUT2D eigenvalue weighted by Crippen LogP contribution is -2.30. The molecule has 0 saturated heterocycles. The third-order valence-corrected chi connectivity index (χ3v) is 8.85. The molecule has 0 bridgehead atoms. The van der Waals surface area contributed by atoms with E-state index >= 15 is 0 Å². The van der Waals surface area contributed by atoms with Gasteiger partial charge in [0.1, 0.15) is 10.9 Å². The fourth-order valence-electron chi connectivity index (χ4n) is 4.43. The molecule has 0 aliphatic heterocycles. The predicted molar refractivity (Wildman–Crippen MR) is 194 cm³/mol. The second-order valence-electron chi connectivity index (χ2n) is 10.1. The molecule has 11 heteroatoms. The number of amides is 3. The summed E-state index contributed by atoms with van der Waals surface area (Å²) in [5, 5.41) is 9.32. The lowest BCUT2D eigenvalue weighted by atomic mass is 10.1. The smallest absolute Gasteiger partial charge is 0.272 e. The van der Waals surface area contributed by atoms with Gasteiger partial charge in [0.25, 0.3) is 11.8 Å². The Morgan fingerprint density at radius 3 is 2.00 bits per heavy atom. The van der Waals surface area contributed by atoms with Crippen molar-refractivity contribution in [1.82, 2.24) is 5.32 Å². The van der Waals surface area contributed by atoms with Gasteiger partial charge in [-0.2, -0.15) is 0 Å². The first-order valence-electron chi connectivity index (χ1n) is 14.1. The first kappa shape index (κ1) is 34.1. The van der Waals surface area contributed by atoms with Crippen molar-refractivity contribution >= 4 is 93.3 Å². The van der Waals surface area contributed by atoms with Crippen molar-refractivity contribution in [1.29, 1.82) is 0 Å². The highest BCUT2D eigenvalue weighted by atomic mass is 35.5. The van der Waals surface area contributed by atoms with E-state index in [-0.39, 0.29) is 11.6 Å². The van der Waals surface area contributed by atoms with E-state index in [1.165, 1.54) is 17.8 Å². The molecule has 236 valence electrons. The zero-order valence-electron chi connectivity index (χ0n) is 24.3. The van der Waals surface area contributed by atoms with Gasteiger partial charge in [-0.05, 0) is 77.9 Å². The van der Waals surface area contributed by atoms with Crippen LogP contribution in [0.2, 0.25) is 20.1 Å². The molecular formula is C36H25Cl4N3O3S. The van der Waals surface area contributed by atoms with E-state index in [0.29, 0.717) is 47.5 Å². The average molecular weight is 721 g/mol. The third-order valence-electron chi connectivity index (χ3n) is 6.61. The lowest BCUT2D eigenvalue weighted by molar-refractivity contribution is -0.116. The molecule has 0 spiro atoms. The second kappa shape index (κ2) is 16.0. The topological polar surface area (TPSA) is 87.3 Å². The van der Waals surface area contributed by atoms with Crippen LogP contribution in [0.25, 0.3) is 6.08 Å². The Morgan fingerprint density at radius 1 is 0.638 bits per heavy atom. The van der Waals surface area contributed by atoms with Gasteiger partial charge in [0, 0.05) is 41.9 Å². The molecule has 1 atom stereocenters. The van der Waals surface area contributed by atoms with E-state index in [2.05, 4.69) is 16.0 Å². The van der Waals surface area contributed by atoms with E-state index in [1.807, 2.05) is 36.4 Å². The number of carbonyl (C=O) groups is 3. The molecule has 0 fully saturated rings. The summed E-state index contributed by atoms with van der Waals surface area (Å²) in [7, 11) is 0. The maximum atomic E-state index is 13.6. The number of thioether (sulfide) groups is 1. The first-order chi connectivity index (χ1) is 22.6. The van der Waals surface area contributed by atoms with E-state index in [0.717, 1.165) is 5.56 Å². The number of hydrogen-bond donors (Lipinski definition) is 3. The van der Waals surface area contributed by atoms with Crippen LogP contribution in [0.5, 0.6) is 0 Å². The van der Waals surface area contributed by atoms with Crippen molar-refractivity contribution in [3.8, 4) is 0 Å². The molecule has 0 radical (unpaired) electrons.